The van der Waals surface area contributed by atoms with Crippen molar-refractivity contribution < 1.29 is 19.1 Å². The van der Waals surface area contributed by atoms with E-state index in [9.17, 15) is 9.90 Å². The molecule has 1 unspecified atom stereocenters. The van der Waals surface area contributed by atoms with Gasteiger partial charge < -0.3 is 19.6 Å². The number of hydrogen-bond acceptors (Lipinski definition) is 4. The molecule has 1 heterocycles. The average Bonchev–Trinajstić information content (AvgIpc) is 3.37. The molecule has 1 aliphatic rings. The zero-order valence-corrected chi connectivity index (χ0v) is 15.7. The topological polar surface area (TPSA) is 71.7 Å². The van der Waals surface area contributed by atoms with Crippen LogP contribution in [-0.4, -0.2) is 24.7 Å². The molecule has 1 atom stereocenters. The maximum Gasteiger partial charge on any atom is 0.230 e. The van der Waals surface area contributed by atoms with Crippen LogP contribution in [0, 0.1) is 0 Å². The molecule has 1 aliphatic carbocycles. The Kier molecular flexibility index (Phi) is 4.92. The Labute approximate surface area is 164 Å². The monoisotopic (exact) mass is 377 g/mol. The molecular weight excluding hydrogens is 354 g/mol. The predicted octanol–water partition coefficient (Wildman–Crippen LogP) is 3.84. The first-order chi connectivity index (χ1) is 13.6. The third-order valence-corrected chi connectivity index (χ3v) is 5.36. The number of methoxy groups -OCH3 is 1. The van der Waals surface area contributed by atoms with E-state index in [0.717, 1.165) is 41.0 Å². The van der Waals surface area contributed by atoms with Gasteiger partial charge in [-0.25, -0.2) is 0 Å². The zero-order chi connectivity index (χ0) is 19.6. The van der Waals surface area contributed by atoms with Crippen LogP contribution >= 0.6 is 0 Å². The van der Waals surface area contributed by atoms with Crippen LogP contribution in [0.1, 0.15) is 30.1 Å². The largest absolute Gasteiger partial charge is 0.496 e. The van der Waals surface area contributed by atoms with E-state index < -0.39 is 11.5 Å². The quantitative estimate of drug-likeness (QED) is 0.656. The molecule has 28 heavy (non-hydrogen) atoms. The third kappa shape index (κ3) is 3.41. The van der Waals surface area contributed by atoms with E-state index >= 15 is 0 Å². The first-order valence-corrected chi connectivity index (χ1v) is 9.38. The van der Waals surface area contributed by atoms with E-state index in [1.165, 1.54) is 0 Å². The van der Waals surface area contributed by atoms with Crippen LogP contribution in [0.2, 0.25) is 0 Å². The summed E-state index contributed by atoms with van der Waals surface area (Å²) in [6.45, 7) is 0.163. The standard InChI is InChI=1S/C23H23NO4/c1-27-21-6-3-2-5-18(21)23(12-13-23)22(26)24-15-19(25)16-8-10-17(11-9-16)20-7-4-14-28-20/h2-11,14,19,25H,12-13,15H2,1H3,(H,24,26). The van der Waals surface area contributed by atoms with E-state index in [1.807, 2.05) is 60.7 Å². The molecule has 0 saturated heterocycles. The number of hydrogen-bond donors (Lipinski definition) is 2. The minimum atomic E-state index is -0.775. The van der Waals surface area contributed by atoms with Gasteiger partial charge in [0.25, 0.3) is 0 Å². The second-order valence-electron chi connectivity index (χ2n) is 7.11. The SMILES string of the molecule is COc1ccccc1C1(C(=O)NCC(O)c2ccc(-c3ccco3)cc2)CC1. The highest BCUT2D eigenvalue weighted by Crippen LogP contribution is 2.51. The first kappa shape index (κ1) is 18.3. The fourth-order valence-electron chi connectivity index (χ4n) is 3.57. The predicted molar refractivity (Wildman–Crippen MR) is 106 cm³/mol. The maximum atomic E-state index is 12.9. The van der Waals surface area contributed by atoms with Gasteiger partial charge >= 0.3 is 0 Å². The van der Waals surface area contributed by atoms with Crippen molar-refractivity contribution in [2.45, 2.75) is 24.4 Å². The van der Waals surface area contributed by atoms with Crippen LogP contribution in [0.4, 0.5) is 0 Å². The molecule has 1 amide bonds. The molecular formula is C23H23NO4. The summed E-state index contributed by atoms with van der Waals surface area (Å²) >= 11 is 0. The number of para-hydroxylation sites is 1. The Morgan fingerprint density at radius 3 is 2.54 bits per heavy atom. The van der Waals surface area contributed by atoms with Gasteiger partial charge in [-0.15, -0.1) is 0 Å². The van der Waals surface area contributed by atoms with Crippen molar-refractivity contribution in [3.63, 3.8) is 0 Å². The van der Waals surface area contributed by atoms with Gasteiger partial charge in [0.15, 0.2) is 0 Å². The van der Waals surface area contributed by atoms with Crippen molar-refractivity contribution in [3.8, 4) is 17.1 Å². The van der Waals surface area contributed by atoms with Crippen molar-refractivity contribution in [3.05, 3.63) is 78.1 Å². The number of carbonyl (C=O) groups is 1. The zero-order valence-electron chi connectivity index (χ0n) is 15.7. The second-order valence-corrected chi connectivity index (χ2v) is 7.11. The van der Waals surface area contributed by atoms with E-state index in [4.69, 9.17) is 9.15 Å². The number of amides is 1. The normalized spacial score (nSPS) is 15.6. The van der Waals surface area contributed by atoms with Crippen molar-refractivity contribution in [1.29, 1.82) is 0 Å². The fraction of sp³-hybridized carbons (Fsp3) is 0.261. The molecule has 0 radical (unpaired) electrons. The van der Waals surface area contributed by atoms with Gasteiger partial charge in [0.1, 0.15) is 11.5 Å². The number of ether oxygens (including phenoxy) is 1. The molecule has 2 N–H and O–H groups in total. The smallest absolute Gasteiger partial charge is 0.230 e. The van der Waals surface area contributed by atoms with Crippen LogP contribution < -0.4 is 10.1 Å². The lowest BCUT2D eigenvalue weighted by molar-refractivity contribution is -0.124. The van der Waals surface area contributed by atoms with Gasteiger partial charge in [0, 0.05) is 17.7 Å². The molecule has 5 nitrogen and oxygen atoms in total. The number of aliphatic hydroxyl groups excluding tert-OH is 1. The summed E-state index contributed by atoms with van der Waals surface area (Å²) in [5, 5.41) is 13.4. The Morgan fingerprint density at radius 2 is 1.89 bits per heavy atom. The van der Waals surface area contributed by atoms with Crippen LogP contribution in [0.25, 0.3) is 11.3 Å². The van der Waals surface area contributed by atoms with E-state index in [1.54, 1.807) is 13.4 Å². The van der Waals surface area contributed by atoms with Crippen molar-refractivity contribution >= 4 is 5.91 Å². The lowest BCUT2D eigenvalue weighted by Crippen LogP contribution is -2.37. The molecule has 1 aromatic heterocycles. The van der Waals surface area contributed by atoms with Gasteiger partial charge in [0.2, 0.25) is 5.91 Å². The van der Waals surface area contributed by atoms with Gasteiger partial charge in [0.05, 0.1) is 24.9 Å². The lowest BCUT2D eigenvalue weighted by atomic mass is 9.93. The van der Waals surface area contributed by atoms with Crippen molar-refractivity contribution in [2.24, 2.45) is 0 Å². The molecule has 1 fully saturated rings. The van der Waals surface area contributed by atoms with Crippen LogP contribution in [0.5, 0.6) is 5.75 Å². The number of benzene rings is 2. The summed E-state index contributed by atoms with van der Waals surface area (Å²) in [6, 6.07) is 18.8. The van der Waals surface area contributed by atoms with Crippen LogP contribution in [-0.2, 0) is 10.2 Å². The van der Waals surface area contributed by atoms with Gasteiger partial charge in [-0.2, -0.15) is 0 Å². The highest BCUT2D eigenvalue weighted by atomic mass is 16.5. The van der Waals surface area contributed by atoms with Crippen molar-refractivity contribution in [1.82, 2.24) is 5.32 Å². The number of carbonyl (C=O) groups excluding carboxylic acids is 1. The van der Waals surface area contributed by atoms with Crippen LogP contribution in [0.3, 0.4) is 0 Å². The molecule has 0 bridgehead atoms. The average molecular weight is 377 g/mol. The molecule has 3 aromatic rings. The Hall–Kier alpha value is -3.05. The van der Waals surface area contributed by atoms with E-state index in [2.05, 4.69) is 5.32 Å². The Morgan fingerprint density at radius 1 is 1.14 bits per heavy atom. The number of rotatable bonds is 7. The summed E-state index contributed by atoms with van der Waals surface area (Å²) < 4.78 is 10.8. The second kappa shape index (κ2) is 7.52. The summed E-state index contributed by atoms with van der Waals surface area (Å²) in [5.41, 5.74) is 2.05. The molecule has 4 rings (SSSR count). The van der Waals surface area contributed by atoms with E-state index in [-0.39, 0.29) is 12.5 Å². The Balaban J connectivity index is 1.41. The molecule has 0 aliphatic heterocycles. The minimum absolute atomic E-state index is 0.0664. The van der Waals surface area contributed by atoms with E-state index in [0.29, 0.717) is 0 Å². The van der Waals surface area contributed by atoms with Crippen LogP contribution in [0.15, 0.2) is 71.3 Å². The summed E-state index contributed by atoms with van der Waals surface area (Å²) in [7, 11) is 1.61. The molecule has 1 saturated carbocycles. The molecule has 144 valence electrons. The minimum Gasteiger partial charge on any atom is -0.496 e. The number of furan rings is 1. The highest BCUT2D eigenvalue weighted by molar-refractivity contribution is 5.92. The van der Waals surface area contributed by atoms with Gasteiger partial charge in [-0.3, -0.25) is 4.79 Å². The summed E-state index contributed by atoms with van der Waals surface area (Å²) in [4.78, 5) is 12.9. The number of nitrogens with one attached hydrogen (secondary N) is 1. The third-order valence-electron chi connectivity index (χ3n) is 5.36. The lowest BCUT2D eigenvalue weighted by Gasteiger charge is -2.20. The van der Waals surface area contributed by atoms with Crippen molar-refractivity contribution in [2.75, 3.05) is 13.7 Å². The van der Waals surface area contributed by atoms with Gasteiger partial charge in [-0.1, -0.05) is 42.5 Å². The first-order valence-electron chi connectivity index (χ1n) is 9.38. The molecule has 0 spiro atoms. The highest BCUT2D eigenvalue weighted by Gasteiger charge is 2.52. The number of aliphatic hydroxyl groups is 1. The van der Waals surface area contributed by atoms with Gasteiger partial charge in [-0.05, 0) is 36.6 Å². The summed E-state index contributed by atoms with van der Waals surface area (Å²) in [6.07, 6.45) is 2.42. The summed E-state index contributed by atoms with van der Waals surface area (Å²) in [5.74, 6) is 1.44. The molecule has 2 aromatic carbocycles. The fourth-order valence-corrected chi connectivity index (χ4v) is 3.57. The molecule has 5 heteroatoms. The Bertz CT molecular complexity index is 943. The maximum absolute atomic E-state index is 12.9.